The number of hydrogen-bond acceptors (Lipinski definition) is 6. The molecule has 202 valence electrons. The van der Waals surface area contributed by atoms with Gasteiger partial charge in [-0.1, -0.05) is 61.2 Å². The van der Waals surface area contributed by atoms with Gasteiger partial charge in [-0.25, -0.2) is 4.79 Å². The summed E-state index contributed by atoms with van der Waals surface area (Å²) in [7, 11) is 1.29. The van der Waals surface area contributed by atoms with E-state index in [1.165, 1.54) is 27.9 Å². The zero-order chi connectivity index (χ0) is 28.3. The molecule has 1 heterocycles. The number of hydrogen-bond donors (Lipinski definition) is 0. The number of fused-ring (bicyclic) bond motifs is 3. The molecule has 1 atom stereocenters. The number of rotatable bonds is 8. The summed E-state index contributed by atoms with van der Waals surface area (Å²) < 4.78 is 10.5. The van der Waals surface area contributed by atoms with Crippen molar-refractivity contribution in [3.63, 3.8) is 0 Å². The van der Waals surface area contributed by atoms with Gasteiger partial charge in [0.25, 0.3) is 0 Å². The maximum atomic E-state index is 13.2. The number of methoxy groups -OCH3 is 1. The average molecular weight is 529 g/mol. The molecule has 0 N–H and O–H groups in total. The minimum Gasteiger partial charge on any atom is -0.466 e. The van der Waals surface area contributed by atoms with Gasteiger partial charge in [0.15, 0.2) is 0 Å². The normalized spacial score (nSPS) is 17.5. The lowest BCUT2D eigenvalue weighted by Gasteiger charge is -2.37. The maximum absolute atomic E-state index is 13.2. The highest BCUT2D eigenvalue weighted by Crippen LogP contribution is 2.56. The Morgan fingerprint density at radius 1 is 1.00 bits per heavy atom. The Morgan fingerprint density at radius 2 is 1.67 bits per heavy atom. The fourth-order valence-electron chi connectivity index (χ4n) is 5.49. The van der Waals surface area contributed by atoms with Crippen LogP contribution in [0, 0.1) is 0 Å². The van der Waals surface area contributed by atoms with Gasteiger partial charge < -0.3 is 14.4 Å². The van der Waals surface area contributed by atoms with Gasteiger partial charge in [0.05, 0.1) is 29.5 Å². The van der Waals surface area contributed by atoms with Gasteiger partial charge in [-0.15, -0.1) is 0 Å². The number of allylic oxidation sites excluding steroid dienone is 2. The monoisotopic (exact) mass is 528 g/mol. The summed E-state index contributed by atoms with van der Waals surface area (Å²) in [5.41, 5.74) is 2.73. The van der Waals surface area contributed by atoms with E-state index in [1.807, 2.05) is 60.7 Å². The predicted molar refractivity (Wildman–Crippen MR) is 146 cm³/mol. The molecule has 8 heteroatoms. The van der Waals surface area contributed by atoms with Gasteiger partial charge >= 0.3 is 11.9 Å². The van der Waals surface area contributed by atoms with Crippen LogP contribution in [0.25, 0.3) is 0 Å². The van der Waals surface area contributed by atoms with Crippen molar-refractivity contribution in [2.24, 2.45) is 0 Å². The summed E-state index contributed by atoms with van der Waals surface area (Å²) in [4.78, 5) is 54.1. The minimum atomic E-state index is -0.993. The second-order valence-corrected chi connectivity index (χ2v) is 9.70. The fourth-order valence-corrected chi connectivity index (χ4v) is 5.49. The van der Waals surface area contributed by atoms with Crippen molar-refractivity contribution in [2.45, 2.75) is 45.6 Å². The van der Waals surface area contributed by atoms with E-state index in [0.29, 0.717) is 36.5 Å². The summed E-state index contributed by atoms with van der Waals surface area (Å²) in [5.74, 6) is -1.37. The number of nitrogens with zero attached hydrogens (tertiary/aromatic N) is 2. The summed E-state index contributed by atoms with van der Waals surface area (Å²) in [5, 5.41) is 0. The number of para-hydroxylation sites is 1. The Kier molecular flexibility index (Phi) is 7.85. The lowest BCUT2D eigenvalue weighted by Crippen LogP contribution is -2.41. The third-order valence-corrected chi connectivity index (χ3v) is 7.15. The predicted octanol–water partition coefficient (Wildman–Crippen LogP) is 4.56. The molecule has 8 nitrogen and oxygen atoms in total. The second-order valence-electron chi connectivity index (χ2n) is 9.70. The lowest BCUT2D eigenvalue weighted by atomic mass is 9.70. The second kappa shape index (κ2) is 11.1. The van der Waals surface area contributed by atoms with Crippen LogP contribution in [0.2, 0.25) is 0 Å². The number of ether oxygens (including phenoxy) is 2. The zero-order valence-electron chi connectivity index (χ0n) is 22.7. The van der Waals surface area contributed by atoms with E-state index in [0.717, 1.165) is 11.1 Å². The number of carbonyl (C=O) groups is 4. The van der Waals surface area contributed by atoms with Crippen molar-refractivity contribution in [1.82, 2.24) is 4.90 Å². The summed E-state index contributed by atoms with van der Waals surface area (Å²) in [6.45, 7) is 8.92. The molecule has 0 bridgehead atoms. The van der Waals surface area contributed by atoms with Crippen LogP contribution in [-0.2, 0) is 40.6 Å². The Labute approximate surface area is 228 Å². The molecule has 0 spiro atoms. The van der Waals surface area contributed by atoms with Crippen LogP contribution >= 0.6 is 0 Å². The van der Waals surface area contributed by atoms with Gasteiger partial charge in [0, 0.05) is 40.3 Å². The summed E-state index contributed by atoms with van der Waals surface area (Å²) >= 11 is 0. The van der Waals surface area contributed by atoms with Crippen LogP contribution < -0.4 is 4.90 Å². The van der Waals surface area contributed by atoms with Crippen molar-refractivity contribution < 1.29 is 28.7 Å². The molecule has 39 heavy (non-hydrogen) atoms. The largest absolute Gasteiger partial charge is 0.466 e. The van der Waals surface area contributed by atoms with E-state index in [4.69, 9.17) is 9.47 Å². The molecule has 2 aromatic carbocycles. The summed E-state index contributed by atoms with van der Waals surface area (Å²) in [6, 6.07) is 17.1. The quantitative estimate of drug-likeness (QED) is 0.368. The third kappa shape index (κ3) is 5.27. The fraction of sp³-hybridized carbons (Fsp3) is 0.290. The highest BCUT2D eigenvalue weighted by molar-refractivity contribution is 6.04. The van der Waals surface area contributed by atoms with Crippen LogP contribution in [0.3, 0.4) is 0 Å². The summed E-state index contributed by atoms with van der Waals surface area (Å²) in [6.07, 6.45) is 2.34. The molecule has 0 fully saturated rings. The standard InChI is InChI=1S/C31H32N2O6/c1-20(39-23(4)36)25-17-26(30(37)38-5)29-31(18-25,27-13-9-10-14-28(27)33(29)22(3)35)15-16-32(21(2)34)19-24-11-7-6-8-12-24/h6-14,18H,1,15-17,19H2,2-5H3. The Morgan fingerprint density at radius 3 is 2.28 bits per heavy atom. The van der Waals surface area contributed by atoms with Crippen molar-refractivity contribution in [3.8, 4) is 0 Å². The van der Waals surface area contributed by atoms with Gasteiger partial charge in [-0.05, 0) is 29.2 Å². The van der Waals surface area contributed by atoms with E-state index < -0.39 is 17.4 Å². The molecular formula is C31H32N2O6. The SMILES string of the molecule is C=C(OC(C)=O)C1=CC2(CCN(Cc3ccccc3)C(C)=O)C(=C(C(=O)OC)C1)N(C(C)=O)c1ccccc12. The first kappa shape index (κ1) is 27.6. The third-order valence-electron chi connectivity index (χ3n) is 7.15. The molecule has 2 aliphatic rings. The van der Waals surface area contributed by atoms with Gasteiger partial charge in [0.2, 0.25) is 11.8 Å². The van der Waals surface area contributed by atoms with E-state index in [9.17, 15) is 19.2 Å². The van der Waals surface area contributed by atoms with Crippen LogP contribution in [0.1, 0.15) is 44.7 Å². The Hall–Kier alpha value is -4.46. The number of esters is 2. The molecule has 0 aromatic heterocycles. The highest BCUT2D eigenvalue weighted by atomic mass is 16.5. The van der Waals surface area contributed by atoms with E-state index in [1.54, 1.807) is 9.80 Å². The van der Waals surface area contributed by atoms with Crippen LogP contribution in [0.4, 0.5) is 5.69 Å². The van der Waals surface area contributed by atoms with E-state index in [2.05, 4.69) is 6.58 Å². The molecule has 1 unspecified atom stereocenters. The van der Waals surface area contributed by atoms with Crippen molar-refractivity contribution in [2.75, 3.05) is 18.6 Å². The van der Waals surface area contributed by atoms with E-state index in [-0.39, 0.29) is 29.6 Å². The molecule has 4 rings (SSSR count). The van der Waals surface area contributed by atoms with Crippen molar-refractivity contribution in [3.05, 3.63) is 101 Å². The molecule has 1 aliphatic carbocycles. The van der Waals surface area contributed by atoms with Crippen LogP contribution in [-0.4, -0.2) is 42.3 Å². The van der Waals surface area contributed by atoms with Gasteiger partial charge in [-0.2, -0.15) is 0 Å². The number of benzene rings is 2. The lowest BCUT2D eigenvalue weighted by molar-refractivity contribution is -0.136. The topological polar surface area (TPSA) is 93.2 Å². The number of carbonyl (C=O) groups excluding carboxylic acids is 4. The highest BCUT2D eigenvalue weighted by Gasteiger charge is 2.52. The number of anilines is 1. The minimum absolute atomic E-state index is 0.0636. The van der Waals surface area contributed by atoms with Gasteiger partial charge in [0.1, 0.15) is 5.76 Å². The molecule has 1 aliphatic heterocycles. The smallest absolute Gasteiger partial charge is 0.335 e. The Balaban J connectivity index is 1.89. The van der Waals surface area contributed by atoms with E-state index >= 15 is 0 Å². The van der Waals surface area contributed by atoms with Gasteiger partial charge in [-0.3, -0.25) is 19.3 Å². The van der Waals surface area contributed by atoms with Crippen molar-refractivity contribution >= 4 is 29.4 Å². The molecule has 0 saturated carbocycles. The molecule has 0 radical (unpaired) electrons. The maximum Gasteiger partial charge on any atom is 0.335 e. The van der Waals surface area contributed by atoms with Crippen LogP contribution in [0.5, 0.6) is 0 Å². The molecule has 0 saturated heterocycles. The zero-order valence-corrected chi connectivity index (χ0v) is 22.7. The van der Waals surface area contributed by atoms with Crippen LogP contribution in [0.15, 0.2) is 89.9 Å². The van der Waals surface area contributed by atoms with Crippen molar-refractivity contribution in [1.29, 1.82) is 0 Å². The average Bonchev–Trinajstić information content (AvgIpc) is 3.21. The first-order chi connectivity index (χ1) is 18.6. The molecular weight excluding hydrogens is 496 g/mol. The molecule has 2 aromatic rings. The number of amides is 2. The first-order valence-electron chi connectivity index (χ1n) is 12.7. The Bertz CT molecular complexity index is 1410. The first-order valence-corrected chi connectivity index (χ1v) is 12.7. The molecule has 2 amide bonds.